The molecule has 0 aliphatic heterocycles. The summed E-state index contributed by atoms with van der Waals surface area (Å²) in [5, 5.41) is 0. The van der Waals surface area contributed by atoms with Crippen LogP contribution in [0.25, 0.3) is 0 Å². The third-order valence-electron chi connectivity index (χ3n) is 11.0. The van der Waals surface area contributed by atoms with E-state index in [1.165, 1.54) is 38.5 Å². The van der Waals surface area contributed by atoms with Crippen molar-refractivity contribution >= 4 is 17.0 Å². The van der Waals surface area contributed by atoms with Gasteiger partial charge in [-0.2, -0.15) is 0 Å². The number of rotatable bonds is 6. The summed E-state index contributed by atoms with van der Waals surface area (Å²) in [6.07, 6.45) is 18.6. The summed E-state index contributed by atoms with van der Waals surface area (Å²) >= 11 is 5.52. The van der Waals surface area contributed by atoms with Crippen molar-refractivity contribution in [1.82, 2.24) is 0 Å². The minimum atomic E-state index is -0.648. The van der Waals surface area contributed by atoms with Gasteiger partial charge >= 0.3 is 5.43 Å². The molecule has 9 atom stereocenters. The maximum absolute atomic E-state index is 11.3. The number of hydrogen-bond donors (Lipinski definition) is 0. The van der Waals surface area contributed by atoms with Crippen molar-refractivity contribution in [3.05, 3.63) is 23.8 Å². The van der Waals surface area contributed by atoms with Crippen molar-refractivity contribution in [1.29, 1.82) is 0 Å². The summed E-state index contributed by atoms with van der Waals surface area (Å²) in [5.41, 5.74) is 1.67. The molecule has 4 aliphatic carbocycles. The second-order valence-corrected chi connectivity index (χ2v) is 13.1. The lowest BCUT2D eigenvalue weighted by Gasteiger charge is -2.58. The summed E-state index contributed by atoms with van der Waals surface area (Å²) in [5.74, 6) is 5.41. The molecule has 0 unspecified atom stereocenters. The molecule has 0 bridgehead atoms. The Morgan fingerprint density at radius 2 is 1.88 bits per heavy atom. The number of hydrogen-bond acceptors (Lipinski definition) is 2. The number of carbonyl (C=O) groups excluding carboxylic acids is 1. The SMILES string of the molecule is CC[C@H](/C=C\[C@@H](C)[C@H]1CC[C@H]2[C@@H]3CC=C4C[C@@H](OC(=O)Cl)CC[C@]4(C)[C@H]3CC[C@]12C)C(C)C. The first-order valence-corrected chi connectivity index (χ1v) is 14.2. The topological polar surface area (TPSA) is 26.3 Å². The van der Waals surface area contributed by atoms with E-state index in [-0.39, 0.29) is 11.5 Å². The summed E-state index contributed by atoms with van der Waals surface area (Å²) in [7, 11) is 0. The van der Waals surface area contributed by atoms with Crippen LogP contribution < -0.4 is 0 Å². The summed E-state index contributed by atoms with van der Waals surface area (Å²) in [6.45, 7) is 14.7. The molecular weight excluding hydrogens is 428 g/mol. The van der Waals surface area contributed by atoms with E-state index in [2.05, 4.69) is 59.8 Å². The molecule has 33 heavy (non-hydrogen) atoms. The quantitative estimate of drug-likeness (QED) is 0.283. The lowest BCUT2D eigenvalue weighted by molar-refractivity contribution is -0.0541. The van der Waals surface area contributed by atoms with Gasteiger partial charge in [0.1, 0.15) is 6.10 Å². The number of ether oxygens (including phenoxy) is 1. The van der Waals surface area contributed by atoms with Gasteiger partial charge in [0.15, 0.2) is 0 Å². The molecular formula is C30H47ClO2. The van der Waals surface area contributed by atoms with Crippen molar-refractivity contribution in [3.63, 3.8) is 0 Å². The zero-order chi connectivity index (χ0) is 24.0. The fraction of sp³-hybridized carbons (Fsp3) is 0.833. The highest BCUT2D eigenvalue weighted by Crippen LogP contribution is 2.67. The molecule has 3 heteroatoms. The Bertz CT molecular complexity index is 784. The van der Waals surface area contributed by atoms with Crippen LogP contribution in [0.1, 0.15) is 99.3 Å². The van der Waals surface area contributed by atoms with Crippen LogP contribution in [0, 0.1) is 52.3 Å². The van der Waals surface area contributed by atoms with Crippen molar-refractivity contribution in [2.75, 3.05) is 0 Å². The zero-order valence-electron chi connectivity index (χ0n) is 21.9. The Morgan fingerprint density at radius 3 is 2.55 bits per heavy atom. The Kier molecular flexibility index (Phi) is 7.46. The molecule has 0 aromatic heterocycles. The van der Waals surface area contributed by atoms with E-state index in [1.807, 2.05) is 0 Å². The van der Waals surface area contributed by atoms with E-state index in [1.54, 1.807) is 5.57 Å². The van der Waals surface area contributed by atoms with E-state index in [0.29, 0.717) is 17.3 Å². The average Bonchev–Trinajstić information content (AvgIpc) is 3.11. The highest BCUT2D eigenvalue weighted by atomic mass is 35.5. The van der Waals surface area contributed by atoms with E-state index in [9.17, 15) is 4.79 Å². The third kappa shape index (κ3) is 4.60. The monoisotopic (exact) mass is 474 g/mol. The molecule has 0 amide bonds. The Morgan fingerprint density at radius 1 is 1.12 bits per heavy atom. The van der Waals surface area contributed by atoms with Gasteiger partial charge in [-0.3, -0.25) is 0 Å². The smallest absolute Gasteiger partial charge is 0.404 e. The normalized spacial score (nSPS) is 42.3. The van der Waals surface area contributed by atoms with E-state index in [4.69, 9.17) is 16.3 Å². The highest BCUT2D eigenvalue weighted by Gasteiger charge is 2.59. The van der Waals surface area contributed by atoms with Gasteiger partial charge in [-0.1, -0.05) is 65.3 Å². The predicted molar refractivity (Wildman–Crippen MR) is 138 cm³/mol. The highest BCUT2D eigenvalue weighted by molar-refractivity contribution is 6.61. The molecule has 186 valence electrons. The Hall–Kier alpha value is -0.760. The first kappa shape index (κ1) is 25.3. The molecule has 0 radical (unpaired) electrons. The molecule has 2 nitrogen and oxygen atoms in total. The van der Waals surface area contributed by atoms with Crippen LogP contribution in [0.3, 0.4) is 0 Å². The van der Waals surface area contributed by atoms with Crippen LogP contribution >= 0.6 is 11.6 Å². The van der Waals surface area contributed by atoms with E-state index in [0.717, 1.165) is 48.9 Å². The summed E-state index contributed by atoms with van der Waals surface area (Å²) < 4.78 is 5.39. The van der Waals surface area contributed by atoms with Gasteiger partial charge in [0.25, 0.3) is 0 Å². The maximum Gasteiger partial charge on any atom is 0.404 e. The van der Waals surface area contributed by atoms with Crippen LogP contribution in [0.4, 0.5) is 4.79 Å². The van der Waals surface area contributed by atoms with Crippen molar-refractivity contribution in [2.45, 2.75) is 105 Å². The van der Waals surface area contributed by atoms with Crippen LogP contribution in [0.15, 0.2) is 23.8 Å². The van der Waals surface area contributed by atoms with Gasteiger partial charge in [0.2, 0.25) is 0 Å². The molecule has 0 N–H and O–H groups in total. The summed E-state index contributed by atoms with van der Waals surface area (Å²) in [4.78, 5) is 11.3. The lowest BCUT2D eigenvalue weighted by Crippen LogP contribution is -2.51. The average molecular weight is 475 g/mol. The number of fused-ring (bicyclic) bond motifs is 5. The van der Waals surface area contributed by atoms with Crippen LogP contribution in [-0.4, -0.2) is 11.5 Å². The van der Waals surface area contributed by atoms with E-state index >= 15 is 0 Å². The molecule has 4 rings (SSSR count). The molecule has 3 saturated carbocycles. The molecule has 4 aliphatic rings. The van der Waals surface area contributed by atoms with Gasteiger partial charge in [0, 0.05) is 18.0 Å². The predicted octanol–water partition coefficient (Wildman–Crippen LogP) is 9.18. The number of carbonyl (C=O) groups is 1. The Balaban J connectivity index is 1.49. The second kappa shape index (κ2) is 9.71. The van der Waals surface area contributed by atoms with Crippen LogP contribution in [-0.2, 0) is 4.74 Å². The van der Waals surface area contributed by atoms with Gasteiger partial charge in [-0.25, -0.2) is 4.79 Å². The minimum absolute atomic E-state index is 0.0268. The maximum atomic E-state index is 11.3. The largest absolute Gasteiger partial charge is 0.450 e. The standard InChI is InChI=1S/C30H47ClO2/c1-7-21(19(2)3)9-8-20(4)25-12-13-26-24-11-10-22-18-23(33-28(31)32)14-16-29(22,5)27(24)15-17-30(25,26)6/h8-10,19-21,23-27H,7,11-18H2,1-6H3/b9-8-/t20-,21-,23+,24+,25-,26+,27+,29+,30-/m1/s1. The Labute approximate surface area is 207 Å². The summed E-state index contributed by atoms with van der Waals surface area (Å²) in [6, 6.07) is 0. The first-order chi connectivity index (χ1) is 15.6. The van der Waals surface area contributed by atoms with Crippen molar-refractivity contribution in [3.8, 4) is 0 Å². The van der Waals surface area contributed by atoms with Crippen LogP contribution in [0.2, 0.25) is 0 Å². The van der Waals surface area contributed by atoms with Crippen molar-refractivity contribution < 1.29 is 9.53 Å². The molecule has 3 fully saturated rings. The van der Waals surface area contributed by atoms with Crippen LogP contribution in [0.5, 0.6) is 0 Å². The number of halogens is 1. The minimum Gasteiger partial charge on any atom is -0.450 e. The zero-order valence-corrected chi connectivity index (χ0v) is 22.7. The molecule has 0 saturated heterocycles. The number of allylic oxidation sites excluding steroid dienone is 3. The third-order valence-corrected chi connectivity index (χ3v) is 11.1. The molecule has 0 spiro atoms. The second-order valence-electron chi connectivity index (χ2n) is 12.8. The van der Waals surface area contributed by atoms with Gasteiger partial charge in [-0.05, 0) is 104 Å². The van der Waals surface area contributed by atoms with Gasteiger partial charge in [0.05, 0.1) is 0 Å². The fourth-order valence-corrected chi connectivity index (χ4v) is 9.17. The van der Waals surface area contributed by atoms with Crippen molar-refractivity contribution in [2.24, 2.45) is 52.3 Å². The molecule has 0 heterocycles. The van der Waals surface area contributed by atoms with Gasteiger partial charge < -0.3 is 4.74 Å². The lowest BCUT2D eigenvalue weighted by atomic mass is 9.47. The van der Waals surface area contributed by atoms with E-state index < -0.39 is 5.43 Å². The molecule has 0 aromatic carbocycles. The first-order valence-electron chi connectivity index (χ1n) is 13.8. The fourth-order valence-electron chi connectivity index (χ4n) is 9.05. The van der Waals surface area contributed by atoms with Gasteiger partial charge in [-0.15, -0.1) is 0 Å². The molecule has 0 aromatic rings.